The first-order valence-corrected chi connectivity index (χ1v) is 8.52. The summed E-state index contributed by atoms with van der Waals surface area (Å²) in [4.78, 5) is 11.9. The van der Waals surface area contributed by atoms with Gasteiger partial charge in [0.2, 0.25) is 0 Å². The van der Waals surface area contributed by atoms with Gasteiger partial charge in [0.25, 0.3) is 0 Å². The number of ether oxygens (including phenoxy) is 1. The Kier molecular flexibility index (Phi) is 6.91. The summed E-state index contributed by atoms with van der Waals surface area (Å²) in [5.74, 6) is 0.583. The molecule has 0 bridgehead atoms. The number of para-hydroxylation sites is 1. The quantitative estimate of drug-likeness (QED) is 0.318. The molecule has 0 aromatic heterocycles. The average Bonchev–Trinajstić information content (AvgIpc) is 2.55. The Balaban J connectivity index is 1.75. The SMILES string of the molecule is Cc1cc(OC(=O)CNNC(=S)Nc2ccccc2)ccc1C(C)C. The molecule has 0 saturated carbocycles. The molecule has 5 nitrogen and oxygen atoms in total. The Labute approximate surface area is 153 Å². The van der Waals surface area contributed by atoms with Gasteiger partial charge in [0, 0.05) is 5.69 Å². The van der Waals surface area contributed by atoms with Crippen molar-refractivity contribution in [2.75, 3.05) is 11.9 Å². The maximum Gasteiger partial charge on any atom is 0.327 e. The minimum absolute atomic E-state index is 0.0123. The third-order valence-electron chi connectivity index (χ3n) is 3.56. The Morgan fingerprint density at radius 3 is 2.52 bits per heavy atom. The number of anilines is 1. The van der Waals surface area contributed by atoms with Gasteiger partial charge in [0.1, 0.15) is 12.3 Å². The lowest BCUT2D eigenvalue weighted by molar-refractivity contribution is -0.133. The molecule has 0 aliphatic heterocycles. The molecular weight excluding hydrogens is 334 g/mol. The molecule has 3 N–H and O–H groups in total. The molecule has 0 aliphatic carbocycles. The summed E-state index contributed by atoms with van der Waals surface area (Å²) < 4.78 is 5.32. The van der Waals surface area contributed by atoms with Gasteiger partial charge in [0.05, 0.1) is 0 Å². The Bertz CT molecular complexity index is 733. The molecule has 6 heteroatoms. The van der Waals surface area contributed by atoms with Crippen LogP contribution in [0.1, 0.15) is 30.9 Å². The number of rotatable bonds is 6. The lowest BCUT2D eigenvalue weighted by Gasteiger charge is -2.13. The normalized spacial score (nSPS) is 10.4. The number of thiocarbonyl (C=S) groups is 1. The number of nitrogens with one attached hydrogen (secondary N) is 3. The first kappa shape index (κ1) is 18.9. The van der Waals surface area contributed by atoms with Gasteiger partial charge in [-0.2, -0.15) is 0 Å². The molecule has 0 saturated heterocycles. The molecule has 0 aliphatic rings. The molecule has 0 unspecified atom stereocenters. The zero-order valence-corrected chi connectivity index (χ0v) is 15.4. The number of carbonyl (C=O) groups excluding carboxylic acids is 1. The zero-order valence-electron chi connectivity index (χ0n) is 14.6. The van der Waals surface area contributed by atoms with Crippen LogP contribution in [0.3, 0.4) is 0 Å². The van der Waals surface area contributed by atoms with Gasteiger partial charge in [-0.25, -0.2) is 5.43 Å². The number of esters is 1. The van der Waals surface area contributed by atoms with Gasteiger partial charge in [-0.1, -0.05) is 38.1 Å². The summed E-state index contributed by atoms with van der Waals surface area (Å²) in [6, 6.07) is 15.2. The van der Waals surface area contributed by atoms with Gasteiger partial charge in [-0.05, 0) is 60.5 Å². The number of hydrazine groups is 1. The van der Waals surface area contributed by atoms with E-state index in [1.807, 2.05) is 55.5 Å². The van der Waals surface area contributed by atoms with Crippen molar-refractivity contribution in [1.29, 1.82) is 0 Å². The number of carbonyl (C=O) groups is 1. The van der Waals surface area contributed by atoms with Crippen LogP contribution in [0.4, 0.5) is 5.69 Å². The van der Waals surface area contributed by atoms with Crippen molar-refractivity contribution in [3.63, 3.8) is 0 Å². The lowest BCUT2D eigenvalue weighted by atomic mass is 9.98. The fourth-order valence-electron chi connectivity index (χ4n) is 2.41. The standard InChI is InChI=1S/C19H23N3O2S/c1-13(2)17-10-9-16(11-14(17)3)24-18(23)12-20-22-19(25)21-15-7-5-4-6-8-15/h4-11,13,20H,12H2,1-3H3,(H2,21,22,25). The summed E-state index contributed by atoms with van der Waals surface area (Å²) in [5.41, 5.74) is 8.72. The van der Waals surface area contributed by atoms with Gasteiger partial charge in [-0.15, -0.1) is 0 Å². The predicted molar refractivity (Wildman–Crippen MR) is 105 cm³/mol. The van der Waals surface area contributed by atoms with Gasteiger partial charge in [0.15, 0.2) is 5.11 Å². The van der Waals surface area contributed by atoms with Crippen molar-refractivity contribution < 1.29 is 9.53 Å². The highest BCUT2D eigenvalue weighted by Gasteiger charge is 2.08. The van der Waals surface area contributed by atoms with E-state index in [-0.39, 0.29) is 6.54 Å². The van der Waals surface area contributed by atoms with E-state index in [1.54, 1.807) is 0 Å². The van der Waals surface area contributed by atoms with Crippen LogP contribution in [-0.4, -0.2) is 17.6 Å². The van der Waals surface area contributed by atoms with Crippen molar-refractivity contribution in [3.8, 4) is 5.75 Å². The summed E-state index contributed by atoms with van der Waals surface area (Å²) >= 11 is 5.14. The van der Waals surface area contributed by atoms with Crippen LogP contribution in [0.15, 0.2) is 48.5 Å². The fraction of sp³-hybridized carbons (Fsp3) is 0.263. The van der Waals surface area contributed by atoms with Gasteiger partial charge in [-0.3, -0.25) is 10.2 Å². The van der Waals surface area contributed by atoms with Crippen LogP contribution < -0.4 is 20.9 Å². The molecule has 2 aromatic carbocycles. The van der Waals surface area contributed by atoms with E-state index >= 15 is 0 Å². The van der Waals surface area contributed by atoms with Crippen LogP contribution in [0.25, 0.3) is 0 Å². The van der Waals surface area contributed by atoms with Crippen LogP contribution >= 0.6 is 12.2 Å². The maximum absolute atomic E-state index is 11.9. The van der Waals surface area contributed by atoms with Crippen LogP contribution in [0.5, 0.6) is 5.75 Å². The Morgan fingerprint density at radius 1 is 1.16 bits per heavy atom. The van der Waals surface area contributed by atoms with E-state index in [0.29, 0.717) is 16.8 Å². The molecule has 132 valence electrons. The zero-order chi connectivity index (χ0) is 18.2. The molecule has 0 fully saturated rings. The molecule has 0 spiro atoms. The molecule has 0 atom stereocenters. The second kappa shape index (κ2) is 9.15. The third kappa shape index (κ3) is 6.17. The van der Waals surface area contributed by atoms with Gasteiger partial charge >= 0.3 is 5.97 Å². The van der Waals surface area contributed by atoms with Crippen molar-refractivity contribution in [1.82, 2.24) is 10.9 Å². The van der Waals surface area contributed by atoms with Crippen LogP contribution in [0.2, 0.25) is 0 Å². The monoisotopic (exact) mass is 357 g/mol. The minimum atomic E-state index is -0.397. The first-order chi connectivity index (χ1) is 12.0. The predicted octanol–water partition coefficient (Wildman–Crippen LogP) is 3.52. The highest BCUT2D eigenvalue weighted by atomic mass is 32.1. The van der Waals surface area contributed by atoms with E-state index < -0.39 is 5.97 Å². The number of hydrogen-bond donors (Lipinski definition) is 3. The first-order valence-electron chi connectivity index (χ1n) is 8.12. The summed E-state index contributed by atoms with van der Waals surface area (Å²) in [7, 11) is 0. The fourth-order valence-corrected chi connectivity index (χ4v) is 2.60. The van der Waals surface area contributed by atoms with Gasteiger partial charge < -0.3 is 10.1 Å². The number of aryl methyl sites for hydroxylation is 1. The van der Waals surface area contributed by atoms with E-state index in [1.165, 1.54) is 5.56 Å². The Morgan fingerprint density at radius 2 is 1.88 bits per heavy atom. The smallest absolute Gasteiger partial charge is 0.327 e. The summed E-state index contributed by atoms with van der Waals surface area (Å²) in [5, 5.41) is 3.37. The largest absolute Gasteiger partial charge is 0.426 e. The number of hydrogen-bond acceptors (Lipinski definition) is 4. The van der Waals surface area contributed by atoms with Crippen molar-refractivity contribution in [2.24, 2.45) is 0 Å². The van der Waals surface area contributed by atoms with Crippen LogP contribution in [0, 0.1) is 6.92 Å². The molecule has 2 rings (SSSR count). The van der Waals surface area contributed by atoms with Crippen molar-refractivity contribution >= 4 is 29.0 Å². The average molecular weight is 357 g/mol. The molecule has 0 amide bonds. The van der Waals surface area contributed by atoms with E-state index in [4.69, 9.17) is 17.0 Å². The minimum Gasteiger partial charge on any atom is -0.426 e. The third-order valence-corrected chi connectivity index (χ3v) is 3.77. The number of benzene rings is 2. The Hall–Kier alpha value is -2.44. The summed E-state index contributed by atoms with van der Waals surface area (Å²) in [6.45, 7) is 6.27. The second-order valence-corrected chi connectivity index (χ2v) is 6.35. The topological polar surface area (TPSA) is 62.4 Å². The second-order valence-electron chi connectivity index (χ2n) is 5.95. The molecule has 0 heterocycles. The van der Waals surface area contributed by atoms with E-state index in [2.05, 4.69) is 30.0 Å². The highest BCUT2D eigenvalue weighted by molar-refractivity contribution is 7.80. The van der Waals surface area contributed by atoms with Crippen molar-refractivity contribution in [3.05, 3.63) is 59.7 Å². The summed E-state index contributed by atoms with van der Waals surface area (Å²) in [6.07, 6.45) is 0. The highest BCUT2D eigenvalue weighted by Crippen LogP contribution is 2.23. The molecule has 25 heavy (non-hydrogen) atoms. The van der Waals surface area contributed by atoms with E-state index in [0.717, 1.165) is 11.3 Å². The molecule has 2 aromatic rings. The van der Waals surface area contributed by atoms with Crippen LogP contribution in [-0.2, 0) is 4.79 Å². The van der Waals surface area contributed by atoms with E-state index in [9.17, 15) is 4.79 Å². The molecule has 0 radical (unpaired) electrons. The van der Waals surface area contributed by atoms with Crippen molar-refractivity contribution in [2.45, 2.75) is 26.7 Å². The lowest BCUT2D eigenvalue weighted by Crippen LogP contribution is -2.43. The maximum atomic E-state index is 11.9. The molecular formula is C19H23N3O2S.